The minimum absolute atomic E-state index is 0.0350. The van der Waals surface area contributed by atoms with Gasteiger partial charge in [-0.3, -0.25) is 5.43 Å². The summed E-state index contributed by atoms with van der Waals surface area (Å²) in [4.78, 5) is 12.9. The molecule has 1 unspecified atom stereocenters. The van der Waals surface area contributed by atoms with Gasteiger partial charge >= 0.3 is 5.63 Å². The van der Waals surface area contributed by atoms with E-state index in [1.165, 1.54) is 0 Å². The Balaban J connectivity index is 1.77. The first-order chi connectivity index (χ1) is 15.2. The number of fused-ring (bicyclic) bond motifs is 1. The molecule has 0 fully saturated rings. The van der Waals surface area contributed by atoms with Gasteiger partial charge in [-0.25, -0.2) is 4.79 Å². The Morgan fingerprint density at radius 1 is 0.968 bits per heavy atom. The van der Waals surface area contributed by atoms with Crippen molar-refractivity contribution in [1.82, 2.24) is 0 Å². The summed E-state index contributed by atoms with van der Waals surface area (Å²) in [6.45, 7) is 2.02. The van der Waals surface area contributed by atoms with Gasteiger partial charge in [0.2, 0.25) is 0 Å². The lowest BCUT2D eigenvalue weighted by atomic mass is 9.86. The highest BCUT2D eigenvalue weighted by molar-refractivity contribution is 5.88. The van der Waals surface area contributed by atoms with E-state index in [-0.39, 0.29) is 11.3 Å². The van der Waals surface area contributed by atoms with Gasteiger partial charge in [-0.05, 0) is 42.7 Å². The molecule has 0 aliphatic carbocycles. The molecule has 1 aromatic heterocycles. The van der Waals surface area contributed by atoms with Crippen LogP contribution in [0, 0.1) is 0 Å². The normalized spacial score (nSPS) is 12.6. The van der Waals surface area contributed by atoms with Crippen molar-refractivity contribution in [3.63, 3.8) is 0 Å². The summed E-state index contributed by atoms with van der Waals surface area (Å²) >= 11 is 0. The summed E-state index contributed by atoms with van der Waals surface area (Å²) in [6, 6.07) is 26.4. The van der Waals surface area contributed by atoms with Gasteiger partial charge in [0.05, 0.1) is 16.6 Å². The number of hydrogen-bond acceptors (Lipinski definition) is 5. The summed E-state index contributed by atoms with van der Waals surface area (Å²) in [7, 11) is 0. The molecule has 156 valence electrons. The molecule has 0 spiro atoms. The van der Waals surface area contributed by atoms with Crippen molar-refractivity contribution in [2.24, 2.45) is 5.10 Å². The monoisotopic (exact) mass is 412 g/mol. The number of aromatic hydroxyl groups is 1. The van der Waals surface area contributed by atoms with E-state index in [4.69, 9.17) is 4.42 Å². The molecule has 1 atom stereocenters. The zero-order chi connectivity index (χ0) is 21.6. The number of anilines is 1. The van der Waals surface area contributed by atoms with E-state index < -0.39 is 11.5 Å². The average Bonchev–Trinajstić information content (AvgIpc) is 2.82. The second-order valence-corrected chi connectivity index (χ2v) is 7.32. The van der Waals surface area contributed by atoms with Gasteiger partial charge in [0.1, 0.15) is 11.3 Å². The highest BCUT2D eigenvalue weighted by Crippen LogP contribution is 2.36. The van der Waals surface area contributed by atoms with E-state index in [0.29, 0.717) is 23.8 Å². The van der Waals surface area contributed by atoms with Gasteiger partial charge < -0.3 is 9.52 Å². The molecule has 0 saturated heterocycles. The Bertz CT molecular complexity index is 1250. The predicted octanol–water partition coefficient (Wildman–Crippen LogP) is 5.90. The van der Waals surface area contributed by atoms with Crippen LogP contribution in [0.25, 0.3) is 11.0 Å². The van der Waals surface area contributed by atoms with Crippen molar-refractivity contribution < 1.29 is 9.52 Å². The van der Waals surface area contributed by atoms with Crippen LogP contribution in [-0.2, 0) is 0 Å². The van der Waals surface area contributed by atoms with Crippen molar-refractivity contribution in [3.05, 3.63) is 106 Å². The van der Waals surface area contributed by atoms with Crippen molar-refractivity contribution in [3.8, 4) is 5.75 Å². The van der Waals surface area contributed by atoms with Gasteiger partial charge in [-0.2, -0.15) is 5.10 Å². The molecule has 0 saturated carbocycles. The number of nitrogens with one attached hydrogen (secondary N) is 1. The van der Waals surface area contributed by atoms with Crippen LogP contribution >= 0.6 is 0 Å². The molecule has 0 aliphatic heterocycles. The summed E-state index contributed by atoms with van der Waals surface area (Å²) in [6.07, 6.45) is 1.17. The maximum atomic E-state index is 12.9. The Hall–Kier alpha value is -3.86. The second kappa shape index (κ2) is 9.30. The van der Waals surface area contributed by atoms with E-state index in [9.17, 15) is 9.90 Å². The van der Waals surface area contributed by atoms with E-state index in [2.05, 4.69) is 10.5 Å². The first-order valence-electron chi connectivity index (χ1n) is 10.3. The number of rotatable bonds is 7. The number of hydrazone groups is 1. The number of para-hydroxylation sites is 2. The average molecular weight is 412 g/mol. The molecule has 5 nitrogen and oxygen atoms in total. The summed E-state index contributed by atoms with van der Waals surface area (Å²) in [5.74, 6) is -0.425. The highest BCUT2D eigenvalue weighted by atomic mass is 16.4. The van der Waals surface area contributed by atoms with E-state index in [1.807, 2.05) is 73.7 Å². The lowest BCUT2D eigenvalue weighted by molar-refractivity contribution is 0.452. The molecular weight excluding hydrogens is 388 g/mol. The number of nitrogens with zero attached hydrogens (tertiary/aromatic N) is 1. The van der Waals surface area contributed by atoms with Gasteiger partial charge in [-0.1, -0.05) is 67.6 Å². The summed E-state index contributed by atoms with van der Waals surface area (Å²) in [5, 5.41) is 16.1. The van der Waals surface area contributed by atoms with Crippen molar-refractivity contribution in [2.75, 3.05) is 5.43 Å². The fourth-order valence-electron chi connectivity index (χ4n) is 3.69. The Morgan fingerprint density at radius 3 is 2.32 bits per heavy atom. The lowest BCUT2D eigenvalue weighted by Gasteiger charge is -2.19. The molecule has 0 radical (unpaired) electrons. The second-order valence-electron chi connectivity index (χ2n) is 7.32. The van der Waals surface area contributed by atoms with Crippen molar-refractivity contribution in [2.45, 2.75) is 25.7 Å². The van der Waals surface area contributed by atoms with Gasteiger partial charge in [0.25, 0.3) is 0 Å². The molecular formula is C26H24N2O3. The Kier molecular flexibility index (Phi) is 6.13. The third-order valence-electron chi connectivity index (χ3n) is 5.34. The van der Waals surface area contributed by atoms with Gasteiger partial charge in [0.15, 0.2) is 0 Å². The SMILES string of the molecule is CCC(CC(c1ccccc1)c1c(O)c2ccccc2oc1=O)=NNc1ccccc1. The largest absolute Gasteiger partial charge is 0.507 e. The van der Waals surface area contributed by atoms with Gasteiger partial charge in [0, 0.05) is 11.6 Å². The first-order valence-corrected chi connectivity index (χ1v) is 10.3. The van der Waals surface area contributed by atoms with Crippen LogP contribution in [0.1, 0.15) is 36.8 Å². The molecule has 0 aliphatic rings. The van der Waals surface area contributed by atoms with Crippen LogP contribution in [0.4, 0.5) is 5.69 Å². The maximum absolute atomic E-state index is 12.9. The third kappa shape index (κ3) is 4.51. The minimum Gasteiger partial charge on any atom is -0.507 e. The predicted molar refractivity (Wildman–Crippen MR) is 125 cm³/mol. The molecule has 3 aromatic carbocycles. The highest BCUT2D eigenvalue weighted by Gasteiger charge is 2.26. The zero-order valence-corrected chi connectivity index (χ0v) is 17.3. The van der Waals surface area contributed by atoms with E-state index >= 15 is 0 Å². The van der Waals surface area contributed by atoms with Crippen LogP contribution in [0.5, 0.6) is 5.75 Å². The van der Waals surface area contributed by atoms with E-state index in [1.54, 1.807) is 18.2 Å². The molecule has 2 N–H and O–H groups in total. The molecule has 5 heteroatoms. The molecule has 0 bridgehead atoms. The molecule has 4 rings (SSSR count). The van der Waals surface area contributed by atoms with Gasteiger partial charge in [-0.15, -0.1) is 0 Å². The standard InChI is InChI=1S/C26H24N2O3/c1-2-19(27-28-20-13-7-4-8-14-20)17-22(18-11-5-3-6-12-18)24-25(29)21-15-9-10-16-23(21)31-26(24)30/h3-16,22,28-29H,2,17H2,1H3. The first kappa shape index (κ1) is 20.4. The van der Waals surface area contributed by atoms with Crippen molar-refractivity contribution >= 4 is 22.4 Å². The van der Waals surface area contributed by atoms with Crippen LogP contribution < -0.4 is 11.1 Å². The Labute approximate surface area is 180 Å². The number of hydrogen-bond donors (Lipinski definition) is 2. The molecule has 31 heavy (non-hydrogen) atoms. The fraction of sp³-hybridized carbons (Fsp3) is 0.154. The summed E-state index contributed by atoms with van der Waals surface area (Å²) in [5.41, 5.74) is 5.87. The smallest absolute Gasteiger partial charge is 0.343 e. The van der Waals surface area contributed by atoms with Crippen LogP contribution in [0.2, 0.25) is 0 Å². The molecule has 1 heterocycles. The maximum Gasteiger partial charge on any atom is 0.343 e. The molecule has 4 aromatic rings. The fourth-order valence-corrected chi connectivity index (χ4v) is 3.69. The topological polar surface area (TPSA) is 74.8 Å². The van der Waals surface area contributed by atoms with E-state index in [0.717, 1.165) is 17.0 Å². The quantitative estimate of drug-likeness (QED) is 0.225. The minimum atomic E-state index is -0.531. The molecule has 0 amide bonds. The van der Waals surface area contributed by atoms with Crippen LogP contribution in [0.3, 0.4) is 0 Å². The Morgan fingerprint density at radius 2 is 1.61 bits per heavy atom. The zero-order valence-electron chi connectivity index (χ0n) is 17.3. The lowest BCUT2D eigenvalue weighted by Crippen LogP contribution is -2.18. The summed E-state index contributed by atoms with van der Waals surface area (Å²) < 4.78 is 5.55. The van der Waals surface area contributed by atoms with Crippen LogP contribution in [-0.4, -0.2) is 10.8 Å². The number of benzene rings is 3. The van der Waals surface area contributed by atoms with Crippen molar-refractivity contribution in [1.29, 1.82) is 0 Å². The van der Waals surface area contributed by atoms with Crippen LogP contribution in [0.15, 0.2) is 99.2 Å². The third-order valence-corrected chi connectivity index (χ3v) is 5.34.